The Bertz CT molecular complexity index is 701. The second kappa shape index (κ2) is 9.31. The number of urea groups is 1. The first-order valence-corrected chi connectivity index (χ1v) is 9.12. The minimum atomic E-state index is -0.464. The molecule has 2 N–H and O–H groups in total. The van der Waals surface area contributed by atoms with Gasteiger partial charge < -0.3 is 15.5 Å². The van der Waals surface area contributed by atoms with Gasteiger partial charge in [0.2, 0.25) is 5.91 Å². The molecule has 0 saturated carbocycles. The molecule has 0 aromatic heterocycles. The van der Waals surface area contributed by atoms with E-state index in [-0.39, 0.29) is 23.7 Å². The third-order valence-corrected chi connectivity index (χ3v) is 4.70. The van der Waals surface area contributed by atoms with Crippen molar-refractivity contribution in [3.63, 3.8) is 0 Å². The van der Waals surface area contributed by atoms with Crippen LogP contribution in [-0.2, 0) is 4.79 Å². The van der Waals surface area contributed by atoms with Crippen LogP contribution < -0.4 is 10.6 Å². The zero-order valence-electron chi connectivity index (χ0n) is 16.0. The summed E-state index contributed by atoms with van der Waals surface area (Å²) in [6, 6.07) is 4.49. The molecule has 1 aromatic rings. The van der Waals surface area contributed by atoms with E-state index in [1.807, 2.05) is 18.7 Å². The summed E-state index contributed by atoms with van der Waals surface area (Å²) in [6.45, 7) is 8.17. The number of hydrogen-bond donors (Lipinski definition) is 2. The van der Waals surface area contributed by atoms with Crippen LogP contribution in [0, 0.1) is 17.0 Å². The van der Waals surface area contributed by atoms with Gasteiger partial charge in [0.25, 0.3) is 5.69 Å². The second-order valence-corrected chi connectivity index (χ2v) is 6.83. The van der Waals surface area contributed by atoms with Crippen molar-refractivity contribution in [1.29, 1.82) is 0 Å². The monoisotopic (exact) mass is 377 g/mol. The molecule has 0 aliphatic carbocycles. The van der Waals surface area contributed by atoms with Crippen LogP contribution in [0.3, 0.4) is 0 Å². The van der Waals surface area contributed by atoms with Gasteiger partial charge in [-0.05, 0) is 26.3 Å². The molecular formula is C18H27N5O4. The van der Waals surface area contributed by atoms with E-state index in [1.54, 1.807) is 24.0 Å². The quantitative estimate of drug-likeness (QED) is 0.582. The van der Waals surface area contributed by atoms with Gasteiger partial charge in [0.1, 0.15) is 0 Å². The first-order valence-electron chi connectivity index (χ1n) is 9.12. The van der Waals surface area contributed by atoms with E-state index in [2.05, 4.69) is 10.6 Å². The van der Waals surface area contributed by atoms with E-state index in [0.717, 1.165) is 6.42 Å². The third kappa shape index (κ3) is 5.92. The molecule has 1 unspecified atom stereocenters. The molecule has 27 heavy (non-hydrogen) atoms. The van der Waals surface area contributed by atoms with Crippen LogP contribution in [0.4, 0.5) is 16.2 Å². The van der Waals surface area contributed by atoms with Gasteiger partial charge >= 0.3 is 6.03 Å². The van der Waals surface area contributed by atoms with E-state index in [0.29, 0.717) is 44.0 Å². The molecule has 1 fully saturated rings. The molecule has 0 spiro atoms. The number of aryl methyl sites for hydroxylation is 1. The molecule has 0 bridgehead atoms. The van der Waals surface area contributed by atoms with Gasteiger partial charge in [0, 0.05) is 49.5 Å². The average Bonchev–Trinajstić information content (AvgIpc) is 2.63. The molecular weight excluding hydrogens is 350 g/mol. The molecule has 3 amide bonds. The highest BCUT2D eigenvalue weighted by atomic mass is 16.6. The number of carbonyl (C=O) groups is 2. The fraction of sp³-hybridized carbons (Fsp3) is 0.556. The highest BCUT2D eigenvalue weighted by Gasteiger charge is 2.23. The maximum atomic E-state index is 12.4. The number of anilines is 1. The van der Waals surface area contributed by atoms with Crippen LogP contribution >= 0.6 is 0 Å². The summed E-state index contributed by atoms with van der Waals surface area (Å²) in [4.78, 5) is 38.6. The smallest absolute Gasteiger partial charge is 0.321 e. The van der Waals surface area contributed by atoms with Crippen molar-refractivity contribution in [1.82, 2.24) is 15.1 Å². The summed E-state index contributed by atoms with van der Waals surface area (Å²) < 4.78 is 0. The van der Waals surface area contributed by atoms with E-state index in [4.69, 9.17) is 0 Å². The Balaban J connectivity index is 1.84. The summed E-state index contributed by atoms with van der Waals surface area (Å²) in [5.74, 6) is -0.00536. The fourth-order valence-electron chi connectivity index (χ4n) is 2.82. The van der Waals surface area contributed by atoms with Crippen molar-refractivity contribution in [3.8, 4) is 0 Å². The summed E-state index contributed by atoms with van der Waals surface area (Å²) >= 11 is 0. The highest BCUT2D eigenvalue weighted by molar-refractivity contribution is 5.90. The number of nitrogens with zero attached hydrogens (tertiary/aromatic N) is 3. The first-order chi connectivity index (χ1) is 12.8. The SMILES string of the molecule is CCC(C)NC(=O)CN1CCN(C(=O)Nc2ccc(C)c([N+](=O)[O-])c2)CC1. The number of nitro groups is 1. The molecule has 1 aliphatic heterocycles. The zero-order valence-corrected chi connectivity index (χ0v) is 16.0. The Hall–Kier alpha value is -2.68. The highest BCUT2D eigenvalue weighted by Crippen LogP contribution is 2.22. The molecule has 1 heterocycles. The lowest BCUT2D eigenvalue weighted by Crippen LogP contribution is -2.52. The lowest BCUT2D eigenvalue weighted by molar-refractivity contribution is -0.385. The number of amides is 3. The number of hydrogen-bond acceptors (Lipinski definition) is 5. The fourth-order valence-corrected chi connectivity index (χ4v) is 2.82. The van der Waals surface area contributed by atoms with Gasteiger partial charge in [-0.25, -0.2) is 4.79 Å². The molecule has 9 nitrogen and oxygen atoms in total. The molecule has 1 aliphatic rings. The van der Waals surface area contributed by atoms with Crippen LogP contribution in [-0.4, -0.2) is 65.4 Å². The molecule has 1 saturated heterocycles. The van der Waals surface area contributed by atoms with E-state index in [1.165, 1.54) is 6.07 Å². The van der Waals surface area contributed by atoms with Gasteiger partial charge in [0.05, 0.1) is 11.5 Å². The number of nitro benzene ring substituents is 1. The molecule has 9 heteroatoms. The average molecular weight is 377 g/mol. The molecule has 148 valence electrons. The van der Waals surface area contributed by atoms with Gasteiger partial charge in [-0.15, -0.1) is 0 Å². The lowest BCUT2D eigenvalue weighted by Gasteiger charge is -2.34. The molecule has 0 radical (unpaired) electrons. The maximum Gasteiger partial charge on any atom is 0.321 e. The predicted octanol–water partition coefficient (Wildman–Crippen LogP) is 1.97. The predicted molar refractivity (Wildman–Crippen MR) is 103 cm³/mol. The Morgan fingerprint density at radius 2 is 1.93 bits per heavy atom. The Morgan fingerprint density at radius 3 is 2.52 bits per heavy atom. The standard InChI is InChI=1S/C18H27N5O4/c1-4-14(3)19-17(24)12-21-7-9-22(10-8-21)18(25)20-15-6-5-13(2)16(11-15)23(26)27/h5-6,11,14H,4,7-10,12H2,1-3H3,(H,19,24)(H,20,25). The van der Waals surface area contributed by atoms with Gasteiger partial charge in [0.15, 0.2) is 0 Å². The first kappa shape index (κ1) is 20.6. The molecule has 2 rings (SSSR count). The van der Waals surface area contributed by atoms with Crippen LogP contribution in [0.1, 0.15) is 25.8 Å². The molecule has 1 aromatic carbocycles. The van der Waals surface area contributed by atoms with E-state index >= 15 is 0 Å². The topological polar surface area (TPSA) is 108 Å². The largest absolute Gasteiger partial charge is 0.353 e. The summed E-state index contributed by atoms with van der Waals surface area (Å²) in [5, 5.41) is 16.7. The van der Waals surface area contributed by atoms with Crippen molar-refractivity contribution in [2.45, 2.75) is 33.2 Å². The Labute approximate surface area is 158 Å². The lowest BCUT2D eigenvalue weighted by atomic mass is 10.2. The Morgan fingerprint density at radius 1 is 1.26 bits per heavy atom. The Kier molecular flexibility index (Phi) is 7.12. The normalized spacial score (nSPS) is 15.9. The number of benzene rings is 1. The number of carbonyl (C=O) groups excluding carboxylic acids is 2. The summed E-state index contributed by atoms with van der Waals surface area (Å²) in [6.07, 6.45) is 0.886. The minimum absolute atomic E-state index is 0.00536. The van der Waals surface area contributed by atoms with Crippen molar-refractivity contribution in [3.05, 3.63) is 33.9 Å². The van der Waals surface area contributed by atoms with E-state index < -0.39 is 4.92 Å². The third-order valence-electron chi connectivity index (χ3n) is 4.70. The van der Waals surface area contributed by atoms with Crippen molar-refractivity contribution in [2.24, 2.45) is 0 Å². The van der Waals surface area contributed by atoms with Crippen molar-refractivity contribution < 1.29 is 14.5 Å². The molecule has 1 atom stereocenters. The van der Waals surface area contributed by atoms with Crippen LogP contribution in [0.25, 0.3) is 0 Å². The van der Waals surface area contributed by atoms with Crippen molar-refractivity contribution in [2.75, 3.05) is 38.0 Å². The van der Waals surface area contributed by atoms with Crippen LogP contribution in [0.5, 0.6) is 0 Å². The van der Waals surface area contributed by atoms with Gasteiger partial charge in [-0.3, -0.25) is 19.8 Å². The number of nitrogens with one attached hydrogen (secondary N) is 2. The number of rotatable bonds is 6. The van der Waals surface area contributed by atoms with Crippen LogP contribution in [0.15, 0.2) is 18.2 Å². The van der Waals surface area contributed by atoms with E-state index in [9.17, 15) is 19.7 Å². The second-order valence-electron chi connectivity index (χ2n) is 6.83. The maximum absolute atomic E-state index is 12.4. The summed E-state index contributed by atoms with van der Waals surface area (Å²) in [7, 11) is 0. The van der Waals surface area contributed by atoms with Crippen molar-refractivity contribution >= 4 is 23.3 Å². The van der Waals surface area contributed by atoms with Crippen LogP contribution in [0.2, 0.25) is 0 Å². The summed E-state index contributed by atoms with van der Waals surface area (Å²) in [5.41, 5.74) is 0.917. The van der Waals surface area contributed by atoms with Gasteiger partial charge in [-0.1, -0.05) is 13.0 Å². The van der Waals surface area contributed by atoms with Gasteiger partial charge in [-0.2, -0.15) is 0 Å². The zero-order chi connectivity index (χ0) is 20.0. The number of piperazine rings is 1. The minimum Gasteiger partial charge on any atom is -0.353 e.